The number of halogens is 1. The highest BCUT2D eigenvalue weighted by Crippen LogP contribution is 2.17. The Morgan fingerprint density at radius 1 is 1.26 bits per heavy atom. The van der Waals surface area contributed by atoms with Gasteiger partial charge in [0.1, 0.15) is 11.5 Å². The number of rotatable bonds is 2. The predicted molar refractivity (Wildman–Crippen MR) is 70.4 cm³/mol. The highest BCUT2D eigenvalue weighted by molar-refractivity contribution is 6.05. The van der Waals surface area contributed by atoms with Crippen molar-refractivity contribution in [1.29, 1.82) is 0 Å². The summed E-state index contributed by atoms with van der Waals surface area (Å²) in [4.78, 5) is 18.9. The molecule has 2 N–H and O–H groups in total. The number of amides is 1. The Kier molecular flexibility index (Phi) is 2.72. The SMILES string of the molecule is O=C(Nc1cccnc1)c1cc2cc(F)ccc2[nH]1. The quantitative estimate of drug-likeness (QED) is 0.739. The summed E-state index contributed by atoms with van der Waals surface area (Å²) in [5, 5.41) is 3.37. The lowest BCUT2D eigenvalue weighted by Crippen LogP contribution is -2.12. The van der Waals surface area contributed by atoms with Gasteiger partial charge in [-0.05, 0) is 36.4 Å². The maximum Gasteiger partial charge on any atom is 0.272 e. The molecule has 2 aromatic heterocycles. The van der Waals surface area contributed by atoms with Gasteiger partial charge in [0.15, 0.2) is 0 Å². The molecule has 1 amide bonds. The Morgan fingerprint density at radius 2 is 2.16 bits per heavy atom. The van der Waals surface area contributed by atoms with Crippen LogP contribution in [0.5, 0.6) is 0 Å². The minimum Gasteiger partial charge on any atom is -0.351 e. The third-order valence-electron chi connectivity index (χ3n) is 2.75. The highest BCUT2D eigenvalue weighted by Gasteiger charge is 2.10. The number of carbonyl (C=O) groups excluding carboxylic acids is 1. The number of aromatic amines is 1. The van der Waals surface area contributed by atoms with Crippen LogP contribution in [0, 0.1) is 5.82 Å². The Balaban J connectivity index is 1.89. The Labute approximate surface area is 108 Å². The highest BCUT2D eigenvalue weighted by atomic mass is 19.1. The fourth-order valence-electron chi connectivity index (χ4n) is 1.86. The van der Waals surface area contributed by atoms with E-state index >= 15 is 0 Å². The summed E-state index contributed by atoms with van der Waals surface area (Å²) in [6.45, 7) is 0. The maximum absolute atomic E-state index is 13.1. The third kappa shape index (κ3) is 2.30. The molecule has 0 saturated heterocycles. The van der Waals surface area contributed by atoms with Crippen LogP contribution in [0.1, 0.15) is 10.5 Å². The van der Waals surface area contributed by atoms with Crippen LogP contribution in [0.3, 0.4) is 0 Å². The number of carbonyl (C=O) groups is 1. The van der Waals surface area contributed by atoms with Gasteiger partial charge < -0.3 is 10.3 Å². The van der Waals surface area contributed by atoms with Crippen molar-refractivity contribution in [3.05, 3.63) is 60.3 Å². The third-order valence-corrected chi connectivity index (χ3v) is 2.75. The first-order valence-corrected chi connectivity index (χ1v) is 5.72. The first kappa shape index (κ1) is 11.4. The normalized spacial score (nSPS) is 10.6. The van der Waals surface area contributed by atoms with E-state index in [1.807, 2.05) is 0 Å². The van der Waals surface area contributed by atoms with E-state index in [2.05, 4.69) is 15.3 Å². The van der Waals surface area contributed by atoms with Gasteiger partial charge in [-0.2, -0.15) is 0 Å². The first-order valence-electron chi connectivity index (χ1n) is 5.72. The molecule has 0 aliphatic carbocycles. The molecule has 0 radical (unpaired) electrons. The van der Waals surface area contributed by atoms with Gasteiger partial charge in [0, 0.05) is 17.1 Å². The van der Waals surface area contributed by atoms with E-state index in [-0.39, 0.29) is 11.7 Å². The minimum absolute atomic E-state index is 0.287. The van der Waals surface area contributed by atoms with Crippen molar-refractivity contribution < 1.29 is 9.18 Å². The molecule has 0 bridgehead atoms. The first-order chi connectivity index (χ1) is 9.22. The van der Waals surface area contributed by atoms with E-state index in [1.54, 1.807) is 36.7 Å². The zero-order chi connectivity index (χ0) is 13.2. The second-order valence-electron chi connectivity index (χ2n) is 4.11. The fraction of sp³-hybridized carbons (Fsp3) is 0. The average molecular weight is 255 g/mol. The summed E-state index contributed by atoms with van der Waals surface area (Å²) in [6, 6.07) is 9.42. The molecule has 1 aromatic carbocycles. The van der Waals surface area contributed by atoms with Gasteiger partial charge in [-0.3, -0.25) is 9.78 Å². The number of aromatic nitrogens is 2. The maximum atomic E-state index is 13.1. The van der Waals surface area contributed by atoms with Gasteiger partial charge in [-0.1, -0.05) is 0 Å². The number of H-pyrrole nitrogens is 1. The van der Waals surface area contributed by atoms with Gasteiger partial charge in [0.05, 0.1) is 11.9 Å². The van der Waals surface area contributed by atoms with Gasteiger partial charge in [0.25, 0.3) is 5.91 Å². The van der Waals surface area contributed by atoms with Gasteiger partial charge in [-0.25, -0.2) is 4.39 Å². The van der Waals surface area contributed by atoms with Crippen LogP contribution in [0.2, 0.25) is 0 Å². The minimum atomic E-state index is -0.328. The number of nitrogens with zero attached hydrogens (tertiary/aromatic N) is 1. The van der Waals surface area contributed by atoms with Crippen molar-refractivity contribution in [3.8, 4) is 0 Å². The van der Waals surface area contributed by atoms with Gasteiger partial charge in [-0.15, -0.1) is 0 Å². The van der Waals surface area contributed by atoms with Gasteiger partial charge >= 0.3 is 0 Å². The molecule has 0 saturated carbocycles. The Bertz CT molecular complexity index is 737. The number of anilines is 1. The number of nitrogens with one attached hydrogen (secondary N) is 2. The Morgan fingerprint density at radius 3 is 2.95 bits per heavy atom. The molecule has 5 heteroatoms. The monoisotopic (exact) mass is 255 g/mol. The Hall–Kier alpha value is -2.69. The summed E-state index contributed by atoms with van der Waals surface area (Å²) >= 11 is 0. The molecule has 0 aliphatic heterocycles. The van der Waals surface area contributed by atoms with E-state index < -0.39 is 0 Å². The molecule has 0 aliphatic rings. The lowest BCUT2D eigenvalue weighted by atomic mass is 10.2. The number of benzene rings is 1. The summed E-state index contributed by atoms with van der Waals surface area (Å²) in [5.41, 5.74) is 1.71. The van der Waals surface area contributed by atoms with Crippen molar-refractivity contribution >= 4 is 22.5 Å². The molecule has 94 valence electrons. The number of pyridine rings is 1. The van der Waals surface area contributed by atoms with Gasteiger partial charge in [0.2, 0.25) is 0 Å². The van der Waals surface area contributed by atoms with E-state index in [0.717, 1.165) is 5.52 Å². The zero-order valence-electron chi connectivity index (χ0n) is 9.85. The van der Waals surface area contributed by atoms with E-state index in [0.29, 0.717) is 16.8 Å². The van der Waals surface area contributed by atoms with E-state index in [4.69, 9.17) is 0 Å². The molecule has 2 heterocycles. The fourth-order valence-corrected chi connectivity index (χ4v) is 1.86. The molecule has 0 spiro atoms. The molecule has 0 unspecified atom stereocenters. The van der Waals surface area contributed by atoms with E-state index in [1.165, 1.54) is 12.1 Å². The van der Waals surface area contributed by atoms with Crippen molar-refractivity contribution in [1.82, 2.24) is 9.97 Å². The predicted octanol–water partition coefficient (Wildman–Crippen LogP) is 2.95. The molecule has 4 nitrogen and oxygen atoms in total. The van der Waals surface area contributed by atoms with Crippen LogP contribution in [-0.4, -0.2) is 15.9 Å². The van der Waals surface area contributed by atoms with E-state index in [9.17, 15) is 9.18 Å². The van der Waals surface area contributed by atoms with Crippen LogP contribution < -0.4 is 5.32 Å². The summed E-state index contributed by atoms with van der Waals surface area (Å²) in [6.07, 6.45) is 3.18. The standard InChI is InChI=1S/C14H10FN3O/c15-10-3-4-12-9(6-10)7-13(18-12)14(19)17-11-2-1-5-16-8-11/h1-8,18H,(H,17,19). The number of hydrogen-bond donors (Lipinski definition) is 2. The molecule has 0 fully saturated rings. The largest absolute Gasteiger partial charge is 0.351 e. The summed E-state index contributed by atoms with van der Waals surface area (Å²) in [5.74, 6) is -0.615. The zero-order valence-corrected chi connectivity index (χ0v) is 9.85. The lowest BCUT2D eigenvalue weighted by molar-refractivity contribution is 0.102. The number of fused-ring (bicyclic) bond motifs is 1. The molecular weight excluding hydrogens is 245 g/mol. The smallest absolute Gasteiger partial charge is 0.272 e. The molecule has 3 rings (SSSR count). The molecule has 0 atom stereocenters. The van der Waals surface area contributed by atoms with Crippen LogP contribution in [0.25, 0.3) is 10.9 Å². The topological polar surface area (TPSA) is 57.8 Å². The van der Waals surface area contributed by atoms with Crippen LogP contribution >= 0.6 is 0 Å². The molecular formula is C14H10FN3O. The molecule has 3 aromatic rings. The average Bonchev–Trinajstić information content (AvgIpc) is 2.83. The second-order valence-corrected chi connectivity index (χ2v) is 4.11. The van der Waals surface area contributed by atoms with Crippen molar-refractivity contribution in [2.24, 2.45) is 0 Å². The van der Waals surface area contributed by atoms with Crippen molar-refractivity contribution in [3.63, 3.8) is 0 Å². The summed E-state index contributed by atoms with van der Waals surface area (Å²) in [7, 11) is 0. The second kappa shape index (κ2) is 4.53. The number of hydrogen-bond acceptors (Lipinski definition) is 2. The van der Waals surface area contributed by atoms with Crippen molar-refractivity contribution in [2.45, 2.75) is 0 Å². The lowest BCUT2D eigenvalue weighted by Gasteiger charge is -2.01. The van der Waals surface area contributed by atoms with Crippen LogP contribution in [0.15, 0.2) is 48.8 Å². The molecule has 19 heavy (non-hydrogen) atoms. The summed E-state index contributed by atoms with van der Waals surface area (Å²) < 4.78 is 13.1. The van der Waals surface area contributed by atoms with Crippen LogP contribution in [0.4, 0.5) is 10.1 Å². The van der Waals surface area contributed by atoms with Crippen LogP contribution in [-0.2, 0) is 0 Å². The van der Waals surface area contributed by atoms with Crippen molar-refractivity contribution in [2.75, 3.05) is 5.32 Å².